The second-order valence-electron chi connectivity index (χ2n) is 4.51. The summed E-state index contributed by atoms with van der Waals surface area (Å²) in [5.74, 6) is 0.515. The van der Waals surface area contributed by atoms with Crippen molar-refractivity contribution in [2.45, 2.75) is 19.9 Å². The number of aromatic nitrogens is 5. The van der Waals surface area contributed by atoms with E-state index in [-0.39, 0.29) is 0 Å². The predicted molar refractivity (Wildman–Crippen MR) is 73.6 cm³/mol. The first kappa shape index (κ1) is 11.7. The summed E-state index contributed by atoms with van der Waals surface area (Å²) in [6.45, 7) is 2.72. The third-order valence-corrected chi connectivity index (χ3v) is 3.22. The van der Waals surface area contributed by atoms with E-state index in [4.69, 9.17) is 5.73 Å². The maximum absolute atomic E-state index is 6.03. The number of pyridine rings is 1. The summed E-state index contributed by atoms with van der Waals surface area (Å²) >= 11 is 0. The summed E-state index contributed by atoms with van der Waals surface area (Å²) in [7, 11) is 1.92. The van der Waals surface area contributed by atoms with E-state index in [0.29, 0.717) is 12.5 Å². The molecule has 0 saturated carbocycles. The first-order chi connectivity index (χ1) is 9.20. The fourth-order valence-electron chi connectivity index (χ4n) is 2.33. The summed E-state index contributed by atoms with van der Waals surface area (Å²) in [4.78, 5) is 8.56. The molecule has 0 aliphatic carbocycles. The Morgan fingerprint density at radius 3 is 2.89 bits per heavy atom. The lowest BCUT2D eigenvalue weighted by Crippen LogP contribution is -2.08. The van der Waals surface area contributed by atoms with Crippen molar-refractivity contribution in [3.8, 4) is 0 Å². The number of nitrogen functional groups attached to an aromatic ring is 1. The highest BCUT2D eigenvalue weighted by molar-refractivity contribution is 5.77. The number of nitrogens with two attached hydrogens (primary N) is 1. The molecular formula is C13H16N6. The normalized spacial score (nSPS) is 11.3. The average Bonchev–Trinajstić information content (AvgIpc) is 2.90. The van der Waals surface area contributed by atoms with Crippen LogP contribution < -0.4 is 5.73 Å². The molecule has 0 aromatic carbocycles. The topological polar surface area (TPSA) is 74.6 Å². The fraction of sp³-hybridized carbons (Fsp3) is 0.308. The quantitative estimate of drug-likeness (QED) is 0.767. The van der Waals surface area contributed by atoms with Gasteiger partial charge in [-0.05, 0) is 18.1 Å². The van der Waals surface area contributed by atoms with Crippen molar-refractivity contribution < 1.29 is 0 Å². The van der Waals surface area contributed by atoms with Gasteiger partial charge in [0.2, 0.25) is 5.95 Å². The van der Waals surface area contributed by atoms with Gasteiger partial charge in [0, 0.05) is 19.4 Å². The van der Waals surface area contributed by atoms with Crippen LogP contribution >= 0.6 is 0 Å². The second-order valence-corrected chi connectivity index (χ2v) is 4.51. The Kier molecular flexibility index (Phi) is 2.70. The molecule has 0 saturated heterocycles. The van der Waals surface area contributed by atoms with Crippen molar-refractivity contribution in [2.75, 3.05) is 5.73 Å². The van der Waals surface area contributed by atoms with Crippen molar-refractivity contribution in [2.24, 2.45) is 7.05 Å². The lowest BCUT2D eigenvalue weighted by Gasteiger charge is -2.06. The fourth-order valence-corrected chi connectivity index (χ4v) is 2.33. The molecule has 3 aromatic rings. The van der Waals surface area contributed by atoms with E-state index in [0.717, 1.165) is 28.8 Å². The molecule has 0 atom stereocenters. The molecule has 3 aromatic heterocycles. The highest BCUT2D eigenvalue weighted by Crippen LogP contribution is 2.22. The van der Waals surface area contributed by atoms with Gasteiger partial charge in [0.25, 0.3) is 0 Å². The van der Waals surface area contributed by atoms with Gasteiger partial charge in [0.05, 0.1) is 12.2 Å². The zero-order valence-electron chi connectivity index (χ0n) is 11.0. The van der Waals surface area contributed by atoms with Crippen LogP contribution in [0.25, 0.3) is 11.2 Å². The van der Waals surface area contributed by atoms with Crippen LogP contribution in [0.15, 0.2) is 24.5 Å². The van der Waals surface area contributed by atoms with Crippen LogP contribution in [-0.2, 0) is 20.0 Å². The monoisotopic (exact) mass is 256 g/mol. The van der Waals surface area contributed by atoms with Crippen LogP contribution in [0.3, 0.4) is 0 Å². The highest BCUT2D eigenvalue weighted by Gasteiger charge is 2.16. The molecule has 19 heavy (non-hydrogen) atoms. The van der Waals surface area contributed by atoms with Crippen LogP contribution in [0.1, 0.15) is 18.2 Å². The molecule has 0 aliphatic heterocycles. The molecular weight excluding hydrogens is 240 g/mol. The van der Waals surface area contributed by atoms with Gasteiger partial charge in [-0.2, -0.15) is 5.10 Å². The van der Waals surface area contributed by atoms with Gasteiger partial charge in [-0.15, -0.1) is 0 Å². The maximum atomic E-state index is 6.03. The van der Waals surface area contributed by atoms with E-state index in [1.54, 1.807) is 6.20 Å². The van der Waals surface area contributed by atoms with Crippen molar-refractivity contribution in [3.63, 3.8) is 0 Å². The van der Waals surface area contributed by atoms with Gasteiger partial charge < -0.3 is 5.73 Å². The van der Waals surface area contributed by atoms with Crippen LogP contribution in [0, 0.1) is 0 Å². The number of fused-ring (bicyclic) bond motifs is 1. The van der Waals surface area contributed by atoms with Crippen molar-refractivity contribution in [1.29, 1.82) is 0 Å². The van der Waals surface area contributed by atoms with E-state index in [1.807, 2.05) is 34.6 Å². The number of anilines is 1. The van der Waals surface area contributed by atoms with Crippen LogP contribution in [0.5, 0.6) is 0 Å². The van der Waals surface area contributed by atoms with Gasteiger partial charge in [0.15, 0.2) is 5.65 Å². The van der Waals surface area contributed by atoms with E-state index < -0.39 is 0 Å². The van der Waals surface area contributed by atoms with Crippen LogP contribution in [0.2, 0.25) is 0 Å². The Labute approximate surface area is 110 Å². The molecule has 6 nitrogen and oxygen atoms in total. The van der Waals surface area contributed by atoms with Gasteiger partial charge in [-0.1, -0.05) is 13.0 Å². The molecule has 3 heterocycles. The molecule has 6 heteroatoms. The summed E-state index contributed by atoms with van der Waals surface area (Å²) in [6.07, 6.45) is 4.44. The second kappa shape index (κ2) is 4.38. The Balaban J connectivity index is 2.13. The first-order valence-electron chi connectivity index (χ1n) is 6.27. The van der Waals surface area contributed by atoms with Crippen LogP contribution in [-0.4, -0.2) is 24.3 Å². The lowest BCUT2D eigenvalue weighted by atomic mass is 10.3. The van der Waals surface area contributed by atoms with E-state index in [9.17, 15) is 0 Å². The Bertz CT molecular complexity index is 710. The van der Waals surface area contributed by atoms with Gasteiger partial charge in [-0.25, -0.2) is 4.98 Å². The molecule has 0 bridgehead atoms. The molecule has 0 spiro atoms. The Morgan fingerprint density at radius 1 is 1.37 bits per heavy atom. The zero-order valence-corrected chi connectivity index (χ0v) is 11.0. The summed E-state index contributed by atoms with van der Waals surface area (Å²) in [6, 6.07) is 3.94. The average molecular weight is 256 g/mol. The van der Waals surface area contributed by atoms with Gasteiger partial charge in [0.1, 0.15) is 5.52 Å². The lowest BCUT2D eigenvalue weighted by molar-refractivity contribution is 0.718. The zero-order chi connectivity index (χ0) is 13.4. The number of rotatable bonds is 3. The molecule has 2 N–H and O–H groups in total. The molecule has 0 radical (unpaired) electrons. The summed E-state index contributed by atoms with van der Waals surface area (Å²) in [5.41, 5.74) is 9.95. The minimum Gasteiger partial charge on any atom is -0.369 e. The van der Waals surface area contributed by atoms with Gasteiger partial charge >= 0.3 is 0 Å². The highest BCUT2D eigenvalue weighted by atomic mass is 15.3. The minimum absolute atomic E-state index is 0.515. The number of aryl methyl sites for hydroxylation is 2. The standard InChI is InChI=1S/C13H16N6/c1-3-10-11-12(18(2)17-10)19(13(14)16-11)8-9-5-4-6-15-7-9/h4-7H,3,8H2,1-2H3,(H2,14,16). The third kappa shape index (κ3) is 1.85. The molecule has 0 aliphatic rings. The SMILES string of the molecule is CCc1nn(C)c2c1nc(N)n2Cc1cccnc1. The van der Waals surface area contributed by atoms with E-state index in [1.165, 1.54) is 0 Å². The smallest absolute Gasteiger partial charge is 0.202 e. The molecule has 0 amide bonds. The van der Waals surface area contributed by atoms with Crippen LogP contribution in [0.4, 0.5) is 5.95 Å². The molecule has 0 fully saturated rings. The van der Waals surface area contributed by atoms with Crippen molar-refractivity contribution >= 4 is 17.1 Å². The Hall–Kier alpha value is -2.37. The van der Waals surface area contributed by atoms with Crippen molar-refractivity contribution in [1.82, 2.24) is 24.3 Å². The molecule has 3 rings (SSSR count). The minimum atomic E-state index is 0.515. The van der Waals surface area contributed by atoms with E-state index >= 15 is 0 Å². The number of hydrogen-bond acceptors (Lipinski definition) is 4. The van der Waals surface area contributed by atoms with Crippen molar-refractivity contribution in [3.05, 3.63) is 35.8 Å². The predicted octanol–water partition coefficient (Wildman–Crippen LogP) is 1.36. The molecule has 0 unspecified atom stereocenters. The maximum Gasteiger partial charge on any atom is 0.202 e. The third-order valence-electron chi connectivity index (χ3n) is 3.22. The largest absolute Gasteiger partial charge is 0.369 e. The first-order valence-corrected chi connectivity index (χ1v) is 6.27. The molecule has 98 valence electrons. The summed E-state index contributed by atoms with van der Waals surface area (Å²) < 4.78 is 3.81. The van der Waals surface area contributed by atoms with Gasteiger partial charge in [-0.3, -0.25) is 14.2 Å². The number of hydrogen-bond donors (Lipinski definition) is 1. The number of imidazole rings is 1. The Morgan fingerprint density at radius 2 is 2.21 bits per heavy atom. The summed E-state index contributed by atoms with van der Waals surface area (Å²) in [5, 5.41) is 4.47. The number of nitrogens with zero attached hydrogens (tertiary/aromatic N) is 5. The van der Waals surface area contributed by atoms with E-state index in [2.05, 4.69) is 22.0 Å².